The zero-order valence-corrected chi connectivity index (χ0v) is 14.7. The number of rotatable bonds is 1. The van der Waals surface area contributed by atoms with Gasteiger partial charge >= 0.3 is 0 Å². The topological polar surface area (TPSA) is 24.5 Å². The van der Waals surface area contributed by atoms with Crippen molar-refractivity contribution >= 4 is 46.2 Å². The van der Waals surface area contributed by atoms with Gasteiger partial charge in [-0.1, -0.05) is 35.3 Å². The van der Waals surface area contributed by atoms with E-state index in [0.717, 1.165) is 23.4 Å². The number of thiocarbonyl (C=S) groups is 1. The van der Waals surface area contributed by atoms with E-state index < -0.39 is 5.72 Å². The van der Waals surface area contributed by atoms with Crippen LogP contribution in [0.25, 0.3) is 0 Å². The molecule has 118 valence electrons. The van der Waals surface area contributed by atoms with Crippen LogP contribution in [0.3, 0.4) is 0 Å². The number of hydrogen-bond donors (Lipinski definition) is 1. The maximum atomic E-state index is 6.35. The minimum atomic E-state index is -0.598. The molecule has 2 aliphatic rings. The molecule has 3 nitrogen and oxygen atoms in total. The summed E-state index contributed by atoms with van der Waals surface area (Å²) in [6.45, 7) is 2.04. The van der Waals surface area contributed by atoms with Gasteiger partial charge in [0.2, 0.25) is 0 Å². The van der Waals surface area contributed by atoms with E-state index in [4.69, 9.17) is 40.2 Å². The molecule has 0 radical (unpaired) electrons. The molecule has 1 saturated heterocycles. The SMILES string of the molecule is CC12CC(NC(=S)N1c1ccc(Cl)cc1)c1cccc(Cl)c1O2. The van der Waals surface area contributed by atoms with Crippen molar-refractivity contribution in [3.05, 3.63) is 58.1 Å². The quantitative estimate of drug-likeness (QED) is 0.725. The summed E-state index contributed by atoms with van der Waals surface area (Å²) in [6, 6.07) is 13.5. The predicted molar refractivity (Wildman–Crippen MR) is 97.5 cm³/mol. The maximum Gasteiger partial charge on any atom is 0.188 e. The number of nitrogens with zero attached hydrogens (tertiary/aromatic N) is 1. The lowest BCUT2D eigenvalue weighted by Crippen LogP contribution is -2.65. The number of nitrogens with one attached hydrogen (secondary N) is 1. The van der Waals surface area contributed by atoms with Crippen molar-refractivity contribution in [3.8, 4) is 5.75 Å². The van der Waals surface area contributed by atoms with E-state index in [9.17, 15) is 0 Å². The van der Waals surface area contributed by atoms with Crippen molar-refractivity contribution in [2.24, 2.45) is 0 Å². The summed E-state index contributed by atoms with van der Waals surface area (Å²) in [5, 5.41) is 5.34. The summed E-state index contributed by atoms with van der Waals surface area (Å²) in [4.78, 5) is 1.99. The van der Waals surface area contributed by atoms with Crippen LogP contribution in [-0.4, -0.2) is 10.8 Å². The molecule has 0 aromatic heterocycles. The van der Waals surface area contributed by atoms with Gasteiger partial charge in [0.05, 0.1) is 11.1 Å². The summed E-state index contributed by atoms with van der Waals surface area (Å²) in [5.74, 6) is 0.724. The van der Waals surface area contributed by atoms with Crippen LogP contribution in [0.1, 0.15) is 24.9 Å². The number of halogens is 2. The monoisotopic (exact) mass is 364 g/mol. The minimum Gasteiger partial charge on any atom is -0.466 e. The summed E-state index contributed by atoms with van der Waals surface area (Å²) in [6.07, 6.45) is 0.767. The molecule has 6 heteroatoms. The van der Waals surface area contributed by atoms with Gasteiger partial charge in [-0.15, -0.1) is 0 Å². The van der Waals surface area contributed by atoms with Crippen molar-refractivity contribution in [2.45, 2.75) is 25.1 Å². The van der Waals surface area contributed by atoms with E-state index in [-0.39, 0.29) is 6.04 Å². The molecule has 0 amide bonds. The van der Waals surface area contributed by atoms with Crippen molar-refractivity contribution in [1.29, 1.82) is 0 Å². The molecule has 0 saturated carbocycles. The fourth-order valence-electron chi connectivity index (χ4n) is 3.33. The summed E-state index contributed by atoms with van der Waals surface area (Å²) < 4.78 is 6.32. The highest BCUT2D eigenvalue weighted by molar-refractivity contribution is 7.80. The molecule has 23 heavy (non-hydrogen) atoms. The Morgan fingerprint density at radius 1 is 1.22 bits per heavy atom. The van der Waals surface area contributed by atoms with E-state index in [2.05, 4.69) is 5.32 Å². The Labute approximate surface area is 150 Å². The molecule has 2 unspecified atom stereocenters. The predicted octanol–water partition coefficient (Wildman–Crippen LogP) is 4.93. The number of benzene rings is 2. The fourth-order valence-corrected chi connectivity index (χ4v) is 4.12. The van der Waals surface area contributed by atoms with Crippen LogP contribution in [0.5, 0.6) is 5.75 Å². The second-order valence-corrected chi connectivity index (χ2v) is 7.18. The van der Waals surface area contributed by atoms with Gasteiger partial charge in [-0.2, -0.15) is 0 Å². The minimum absolute atomic E-state index is 0.0958. The zero-order chi connectivity index (χ0) is 16.2. The Morgan fingerprint density at radius 2 is 1.96 bits per heavy atom. The smallest absolute Gasteiger partial charge is 0.188 e. The second kappa shape index (κ2) is 5.26. The van der Waals surface area contributed by atoms with Gasteiger partial charge in [0, 0.05) is 22.7 Å². The standard InChI is InChI=1S/C17H14Cl2N2OS/c1-17-9-14(12-3-2-4-13(19)15(12)22-17)20-16(23)21(17)11-7-5-10(18)6-8-11/h2-8,14H,9H2,1H3,(H,20,23). The molecule has 2 aromatic rings. The Balaban J connectivity index is 1.82. The lowest BCUT2D eigenvalue weighted by Gasteiger charge is -2.52. The second-order valence-electron chi connectivity index (χ2n) is 5.95. The van der Waals surface area contributed by atoms with Crippen molar-refractivity contribution in [3.63, 3.8) is 0 Å². The first kappa shape index (κ1) is 15.1. The van der Waals surface area contributed by atoms with E-state index >= 15 is 0 Å². The molecule has 0 spiro atoms. The van der Waals surface area contributed by atoms with Crippen molar-refractivity contribution in [2.75, 3.05) is 4.90 Å². The number of fused-ring (bicyclic) bond motifs is 4. The number of anilines is 1. The van der Waals surface area contributed by atoms with Crippen LogP contribution < -0.4 is 15.0 Å². The number of ether oxygens (including phenoxy) is 1. The third kappa shape index (κ3) is 2.36. The average Bonchev–Trinajstić information content (AvgIpc) is 2.50. The largest absolute Gasteiger partial charge is 0.466 e. The normalized spacial score (nSPS) is 25.4. The Kier molecular flexibility index (Phi) is 3.45. The van der Waals surface area contributed by atoms with Gasteiger partial charge in [-0.05, 0) is 49.5 Å². The number of hydrogen-bond acceptors (Lipinski definition) is 2. The van der Waals surface area contributed by atoms with Gasteiger partial charge in [-0.25, -0.2) is 0 Å². The van der Waals surface area contributed by atoms with Crippen LogP contribution in [0.4, 0.5) is 5.69 Å². The first-order valence-corrected chi connectivity index (χ1v) is 8.48. The molecule has 1 fully saturated rings. The van der Waals surface area contributed by atoms with E-state index in [1.165, 1.54) is 0 Å². The molecule has 2 bridgehead atoms. The molecule has 1 N–H and O–H groups in total. The van der Waals surface area contributed by atoms with E-state index in [1.807, 2.05) is 54.3 Å². The Hall–Kier alpha value is -1.49. The molecular formula is C17H14Cl2N2OS. The van der Waals surface area contributed by atoms with Crippen molar-refractivity contribution in [1.82, 2.24) is 5.32 Å². The molecular weight excluding hydrogens is 351 g/mol. The molecule has 2 atom stereocenters. The highest BCUT2D eigenvalue weighted by atomic mass is 35.5. The molecule has 0 aliphatic carbocycles. The van der Waals surface area contributed by atoms with Gasteiger partial charge in [0.15, 0.2) is 10.8 Å². The zero-order valence-electron chi connectivity index (χ0n) is 12.3. The lowest BCUT2D eigenvalue weighted by molar-refractivity contribution is 0.0499. The van der Waals surface area contributed by atoms with Crippen molar-refractivity contribution < 1.29 is 4.74 Å². The van der Waals surface area contributed by atoms with E-state index in [1.54, 1.807) is 0 Å². The van der Waals surface area contributed by atoms with Gasteiger partial charge in [0.1, 0.15) is 5.75 Å². The van der Waals surface area contributed by atoms with Crippen LogP contribution in [-0.2, 0) is 0 Å². The maximum absolute atomic E-state index is 6.35. The van der Waals surface area contributed by atoms with Crippen LogP contribution in [0, 0.1) is 0 Å². The van der Waals surface area contributed by atoms with Gasteiger partial charge < -0.3 is 10.1 Å². The number of para-hydroxylation sites is 1. The first-order valence-electron chi connectivity index (χ1n) is 7.32. The molecule has 2 aliphatic heterocycles. The van der Waals surface area contributed by atoms with Crippen LogP contribution in [0.15, 0.2) is 42.5 Å². The lowest BCUT2D eigenvalue weighted by atomic mass is 9.90. The van der Waals surface area contributed by atoms with Gasteiger partial charge in [-0.3, -0.25) is 4.90 Å². The van der Waals surface area contributed by atoms with Crippen LogP contribution >= 0.6 is 35.4 Å². The Morgan fingerprint density at radius 3 is 2.70 bits per heavy atom. The van der Waals surface area contributed by atoms with Gasteiger partial charge in [0.25, 0.3) is 0 Å². The third-order valence-corrected chi connectivity index (χ3v) is 5.19. The fraction of sp³-hybridized carbons (Fsp3) is 0.235. The van der Waals surface area contributed by atoms with E-state index in [0.29, 0.717) is 15.2 Å². The molecule has 2 heterocycles. The highest BCUT2D eigenvalue weighted by Gasteiger charge is 2.48. The summed E-state index contributed by atoms with van der Waals surface area (Å²) in [7, 11) is 0. The first-order chi connectivity index (χ1) is 11.0. The Bertz CT molecular complexity index is 796. The summed E-state index contributed by atoms with van der Waals surface area (Å²) in [5.41, 5.74) is 1.38. The third-order valence-electron chi connectivity index (χ3n) is 4.34. The molecule has 2 aromatic carbocycles. The summed E-state index contributed by atoms with van der Waals surface area (Å²) >= 11 is 17.9. The molecule has 4 rings (SSSR count). The van der Waals surface area contributed by atoms with Crippen LogP contribution in [0.2, 0.25) is 10.0 Å². The average molecular weight is 365 g/mol. The highest BCUT2D eigenvalue weighted by Crippen LogP contribution is 2.48.